The van der Waals surface area contributed by atoms with Gasteiger partial charge in [-0.3, -0.25) is 0 Å². The van der Waals surface area contributed by atoms with Gasteiger partial charge in [-0.1, -0.05) is 6.07 Å². The Labute approximate surface area is 113 Å². The number of nitrogens with zero attached hydrogens (tertiary/aromatic N) is 1. The fourth-order valence-electron chi connectivity index (χ4n) is 1.62. The summed E-state index contributed by atoms with van der Waals surface area (Å²) < 4.78 is 41.6. The van der Waals surface area contributed by atoms with Crippen molar-refractivity contribution < 1.29 is 17.9 Å². The number of anilines is 2. The van der Waals surface area contributed by atoms with Gasteiger partial charge in [-0.05, 0) is 36.4 Å². The molecule has 0 saturated carbocycles. The minimum Gasteiger partial charge on any atom is -0.435 e. The highest BCUT2D eigenvalue weighted by Gasteiger charge is 2.08. The number of benzene rings is 2. The second kappa shape index (κ2) is 5.97. The van der Waals surface area contributed by atoms with Gasteiger partial charge in [-0.25, -0.2) is 4.39 Å². The first kappa shape index (κ1) is 13.7. The largest absolute Gasteiger partial charge is 0.435 e. The molecule has 0 amide bonds. The van der Waals surface area contributed by atoms with Crippen LogP contribution in [0, 0.1) is 17.1 Å². The molecule has 1 N–H and O–H groups in total. The van der Waals surface area contributed by atoms with Crippen molar-refractivity contribution in [2.75, 3.05) is 5.32 Å². The molecule has 0 unspecified atom stereocenters. The maximum absolute atomic E-state index is 13.4. The van der Waals surface area contributed by atoms with E-state index in [2.05, 4.69) is 10.1 Å². The van der Waals surface area contributed by atoms with Crippen LogP contribution in [-0.4, -0.2) is 6.61 Å². The molecule has 0 bridgehead atoms. The third-order valence-electron chi connectivity index (χ3n) is 2.48. The third-order valence-corrected chi connectivity index (χ3v) is 2.48. The summed E-state index contributed by atoms with van der Waals surface area (Å²) in [5.74, 6) is -0.611. The van der Waals surface area contributed by atoms with E-state index >= 15 is 0 Å². The van der Waals surface area contributed by atoms with E-state index in [1.165, 1.54) is 36.4 Å². The molecule has 6 heteroatoms. The molecular weight excluding hydrogens is 269 g/mol. The van der Waals surface area contributed by atoms with Gasteiger partial charge in [0.1, 0.15) is 23.2 Å². The molecule has 0 aliphatic carbocycles. The second-order valence-electron chi connectivity index (χ2n) is 3.80. The second-order valence-corrected chi connectivity index (χ2v) is 3.80. The highest BCUT2D eigenvalue weighted by Crippen LogP contribution is 2.24. The monoisotopic (exact) mass is 278 g/mol. The Balaban J connectivity index is 2.19. The highest BCUT2D eigenvalue weighted by atomic mass is 19.3. The van der Waals surface area contributed by atoms with Crippen molar-refractivity contribution in [3.05, 3.63) is 53.8 Å². The van der Waals surface area contributed by atoms with E-state index in [0.29, 0.717) is 11.4 Å². The quantitative estimate of drug-likeness (QED) is 0.917. The zero-order valence-electron chi connectivity index (χ0n) is 10.1. The average Bonchev–Trinajstić information content (AvgIpc) is 2.41. The SMILES string of the molecule is N#Cc1c(F)cccc1Nc1ccc(OC(F)F)cc1. The van der Waals surface area contributed by atoms with Crippen LogP contribution >= 0.6 is 0 Å². The van der Waals surface area contributed by atoms with Gasteiger partial charge in [0.2, 0.25) is 0 Å². The maximum atomic E-state index is 13.4. The van der Waals surface area contributed by atoms with Crippen molar-refractivity contribution in [1.82, 2.24) is 0 Å². The van der Waals surface area contributed by atoms with Crippen LogP contribution in [0.2, 0.25) is 0 Å². The summed E-state index contributed by atoms with van der Waals surface area (Å²) in [5.41, 5.74) is 0.712. The van der Waals surface area contributed by atoms with E-state index in [0.717, 1.165) is 0 Å². The Morgan fingerprint density at radius 2 is 1.80 bits per heavy atom. The van der Waals surface area contributed by atoms with Crippen LogP contribution in [0.1, 0.15) is 5.56 Å². The minimum absolute atomic E-state index is 0.0188. The number of nitriles is 1. The molecule has 3 nitrogen and oxygen atoms in total. The smallest absolute Gasteiger partial charge is 0.387 e. The standard InChI is InChI=1S/C14H9F3N2O/c15-12-2-1-3-13(11(12)8-18)19-9-4-6-10(7-5-9)20-14(16)17/h1-7,14,19H. The normalized spacial score (nSPS) is 10.2. The number of rotatable bonds is 4. The van der Waals surface area contributed by atoms with Crippen molar-refractivity contribution in [2.45, 2.75) is 6.61 Å². The zero-order chi connectivity index (χ0) is 14.5. The summed E-state index contributed by atoms with van der Waals surface area (Å²) in [5, 5.41) is 11.7. The number of halogens is 3. The molecule has 0 radical (unpaired) electrons. The number of ether oxygens (including phenoxy) is 1. The van der Waals surface area contributed by atoms with Crippen molar-refractivity contribution >= 4 is 11.4 Å². The van der Waals surface area contributed by atoms with Gasteiger partial charge < -0.3 is 10.1 Å². The Morgan fingerprint density at radius 1 is 1.10 bits per heavy atom. The van der Waals surface area contributed by atoms with Crippen LogP contribution in [-0.2, 0) is 0 Å². The molecular formula is C14H9F3N2O. The van der Waals surface area contributed by atoms with E-state index in [9.17, 15) is 13.2 Å². The lowest BCUT2D eigenvalue weighted by Crippen LogP contribution is -2.02. The average molecular weight is 278 g/mol. The van der Waals surface area contributed by atoms with Gasteiger partial charge in [0.25, 0.3) is 0 Å². The summed E-state index contributed by atoms with van der Waals surface area (Å²) in [7, 11) is 0. The highest BCUT2D eigenvalue weighted by molar-refractivity contribution is 5.67. The summed E-state index contributed by atoms with van der Waals surface area (Å²) >= 11 is 0. The van der Waals surface area contributed by atoms with Crippen molar-refractivity contribution in [2.24, 2.45) is 0 Å². The number of nitrogens with one attached hydrogen (secondary N) is 1. The molecule has 0 heterocycles. The lowest BCUT2D eigenvalue weighted by atomic mass is 10.1. The van der Waals surface area contributed by atoms with Crippen molar-refractivity contribution in [3.63, 3.8) is 0 Å². The molecule has 0 spiro atoms. The molecule has 2 rings (SSSR count). The summed E-state index contributed by atoms with van der Waals surface area (Å²) in [6.07, 6.45) is 0. The predicted octanol–water partition coefficient (Wildman–Crippen LogP) is 4.04. The van der Waals surface area contributed by atoms with Gasteiger partial charge in [-0.2, -0.15) is 14.0 Å². The first-order chi connectivity index (χ1) is 9.60. The summed E-state index contributed by atoms with van der Waals surface area (Å²) in [6, 6.07) is 11.6. The molecule has 0 aliphatic rings. The van der Waals surface area contributed by atoms with Crippen molar-refractivity contribution in [1.29, 1.82) is 5.26 Å². The topological polar surface area (TPSA) is 45.0 Å². The zero-order valence-corrected chi connectivity index (χ0v) is 10.1. The number of hydrogen-bond acceptors (Lipinski definition) is 3. The van der Waals surface area contributed by atoms with E-state index in [-0.39, 0.29) is 11.3 Å². The lowest BCUT2D eigenvalue weighted by molar-refractivity contribution is -0.0498. The van der Waals surface area contributed by atoms with E-state index in [1.807, 2.05) is 0 Å². The van der Waals surface area contributed by atoms with Crippen LogP contribution in [0.5, 0.6) is 5.75 Å². The van der Waals surface area contributed by atoms with E-state index in [1.54, 1.807) is 12.1 Å². The first-order valence-corrected chi connectivity index (χ1v) is 5.60. The molecule has 20 heavy (non-hydrogen) atoms. The van der Waals surface area contributed by atoms with Crippen LogP contribution in [0.4, 0.5) is 24.5 Å². The molecule has 0 aromatic heterocycles. The van der Waals surface area contributed by atoms with Gasteiger partial charge in [0.15, 0.2) is 0 Å². The number of alkyl halides is 2. The Hall–Kier alpha value is -2.68. The number of hydrogen-bond donors (Lipinski definition) is 1. The van der Waals surface area contributed by atoms with Crippen LogP contribution < -0.4 is 10.1 Å². The van der Waals surface area contributed by atoms with E-state index < -0.39 is 12.4 Å². The van der Waals surface area contributed by atoms with Crippen LogP contribution in [0.25, 0.3) is 0 Å². The molecule has 0 aliphatic heterocycles. The van der Waals surface area contributed by atoms with E-state index in [4.69, 9.17) is 5.26 Å². The van der Waals surface area contributed by atoms with Crippen LogP contribution in [0.3, 0.4) is 0 Å². The predicted molar refractivity (Wildman–Crippen MR) is 67.5 cm³/mol. The Bertz CT molecular complexity index is 636. The molecule has 2 aromatic carbocycles. The van der Waals surface area contributed by atoms with Gasteiger partial charge in [0.05, 0.1) is 5.69 Å². The van der Waals surface area contributed by atoms with Crippen molar-refractivity contribution in [3.8, 4) is 11.8 Å². The van der Waals surface area contributed by atoms with Gasteiger partial charge in [0, 0.05) is 5.69 Å². The maximum Gasteiger partial charge on any atom is 0.387 e. The molecule has 102 valence electrons. The molecule has 2 aromatic rings. The third kappa shape index (κ3) is 3.20. The fourth-order valence-corrected chi connectivity index (χ4v) is 1.62. The first-order valence-electron chi connectivity index (χ1n) is 5.60. The van der Waals surface area contributed by atoms with Crippen LogP contribution in [0.15, 0.2) is 42.5 Å². The van der Waals surface area contributed by atoms with Gasteiger partial charge in [-0.15, -0.1) is 0 Å². The summed E-state index contributed by atoms with van der Waals surface area (Å²) in [6.45, 7) is -2.89. The molecule has 0 atom stereocenters. The Kier molecular flexibility index (Phi) is 4.11. The lowest BCUT2D eigenvalue weighted by Gasteiger charge is -2.10. The molecule has 0 saturated heterocycles. The minimum atomic E-state index is -2.89. The summed E-state index contributed by atoms with van der Waals surface area (Å²) in [4.78, 5) is 0. The molecule has 0 fully saturated rings. The Morgan fingerprint density at radius 3 is 2.40 bits per heavy atom. The fraction of sp³-hybridized carbons (Fsp3) is 0.0714. The van der Waals surface area contributed by atoms with Gasteiger partial charge >= 0.3 is 6.61 Å².